The summed E-state index contributed by atoms with van der Waals surface area (Å²) in [5, 5.41) is 9.29. The summed E-state index contributed by atoms with van der Waals surface area (Å²) in [4.78, 5) is 14.3. The molecule has 1 fully saturated rings. The van der Waals surface area contributed by atoms with Gasteiger partial charge in [-0.3, -0.25) is 0 Å². The van der Waals surface area contributed by atoms with E-state index in [1.165, 1.54) is 6.42 Å². The largest absolute Gasteiger partial charge is 0.458 e. The second-order valence-electron chi connectivity index (χ2n) is 5.69. The second-order valence-corrected chi connectivity index (χ2v) is 5.69. The third kappa shape index (κ3) is 2.52. The lowest BCUT2D eigenvalue weighted by Gasteiger charge is -2.29. The highest BCUT2D eigenvalue weighted by molar-refractivity contribution is 5.66. The second kappa shape index (κ2) is 5.72. The van der Waals surface area contributed by atoms with Gasteiger partial charge in [0.05, 0.1) is 5.69 Å². The number of rotatable bonds is 2. The van der Waals surface area contributed by atoms with Crippen LogP contribution in [0.1, 0.15) is 36.1 Å². The number of piperidine rings is 1. The molecule has 5 heteroatoms. The highest BCUT2D eigenvalue weighted by Crippen LogP contribution is 2.31. The van der Waals surface area contributed by atoms with Crippen LogP contribution in [-0.2, 0) is 0 Å². The zero-order chi connectivity index (χ0) is 15.7. The van der Waals surface area contributed by atoms with Gasteiger partial charge in [-0.1, -0.05) is 0 Å². The zero-order valence-electron chi connectivity index (χ0n) is 12.8. The van der Waals surface area contributed by atoms with E-state index in [4.69, 9.17) is 8.83 Å². The van der Waals surface area contributed by atoms with Gasteiger partial charge >= 0.3 is 5.63 Å². The lowest BCUT2D eigenvalue weighted by atomic mass is 10.1. The molecule has 1 aliphatic heterocycles. The van der Waals surface area contributed by atoms with Crippen molar-refractivity contribution in [3.05, 3.63) is 39.4 Å². The molecule has 3 rings (SSSR count). The Morgan fingerprint density at radius 2 is 1.86 bits per heavy atom. The topological polar surface area (TPSA) is 70.4 Å². The van der Waals surface area contributed by atoms with Crippen molar-refractivity contribution in [1.82, 2.24) is 0 Å². The first-order valence-electron chi connectivity index (χ1n) is 7.50. The molecular formula is C17H18N2O3. The number of nitrogens with zero attached hydrogens (tertiary/aromatic N) is 2. The van der Waals surface area contributed by atoms with Crippen molar-refractivity contribution in [1.29, 1.82) is 5.26 Å². The molecule has 0 saturated carbocycles. The van der Waals surface area contributed by atoms with Crippen LogP contribution in [0.15, 0.2) is 25.8 Å². The van der Waals surface area contributed by atoms with Crippen LogP contribution < -0.4 is 10.5 Å². The molecule has 0 unspecified atom stereocenters. The van der Waals surface area contributed by atoms with Crippen LogP contribution in [0, 0.1) is 25.2 Å². The first kappa shape index (κ1) is 14.5. The van der Waals surface area contributed by atoms with Crippen molar-refractivity contribution in [2.24, 2.45) is 0 Å². The van der Waals surface area contributed by atoms with E-state index in [1.54, 1.807) is 6.07 Å². The predicted molar refractivity (Wildman–Crippen MR) is 82.9 cm³/mol. The van der Waals surface area contributed by atoms with E-state index in [1.807, 2.05) is 26.0 Å². The summed E-state index contributed by atoms with van der Waals surface area (Å²) in [6.07, 6.45) is 3.32. The summed E-state index contributed by atoms with van der Waals surface area (Å²) >= 11 is 0. The SMILES string of the molecule is Cc1cc(C)c(-c2cc(N3CCCCC3)c(C#N)c(=O)o2)o1. The van der Waals surface area contributed by atoms with Gasteiger partial charge in [-0.05, 0) is 44.7 Å². The summed E-state index contributed by atoms with van der Waals surface area (Å²) in [6, 6.07) is 5.64. The van der Waals surface area contributed by atoms with Crippen molar-refractivity contribution >= 4 is 5.69 Å². The van der Waals surface area contributed by atoms with Crippen LogP contribution in [0.4, 0.5) is 5.69 Å². The van der Waals surface area contributed by atoms with Gasteiger partial charge in [0.15, 0.2) is 17.1 Å². The van der Waals surface area contributed by atoms with Gasteiger partial charge in [0.25, 0.3) is 0 Å². The van der Waals surface area contributed by atoms with Crippen LogP contribution in [0.2, 0.25) is 0 Å². The van der Waals surface area contributed by atoms with Gasteiger partial charge < -0.3 is 13.7 Å². The van der Waals surface area contributed by atoms with Crippen LogP contribution in [-0.4, -0.2) is 13.1 Å². The standard InChI is InChI=1S/C17H18N2O3/c1-11-8-12(2)21-16(11)15-9-14(13(10-18)17(20)22-15)19-6-4-3-5-7-19/h8-9H,3-7H2,1-2H3. The molecule has 0 aliphatic carbocycles. The van der Waals surface area contributed by atoms with E-state index < -0.39 is 5.63 Å². The average molecular weight is 298 g/mol. The molecule has 1 saturated heterocycles. The van der Waals surface area contributed by atoms with Crippen molar-refractivity contribution in [3.8, 4) is 17.6 Å². The van der Waals surface area contributed by atoms with Crippen LogP contribution in [0.25, 0.3) is 11.5 Å². The maximum Gasteiger partial charge on any atom is 0.356 e. The molecular weight excluding hydrogens is 280 g/mol. The molecule has 0 spiro atoms. The normalized spacial score (nSPS) is 14.9. The van der Waals surface area contributed by atoms with Crippen LogP contribution in [0.5, 0.6) is 0 Å². The molecule has 2 aromatic heterocycles. The number of hydrogen-bond donors (Lipinski definition) is 0. The molecule has 22 heavy (non-hydrogen) atoms. The molecule has 5 nitrogen and oxygen atoms in total. The van der Waals surface area contributed by atoms with E-state index in [9.17, 15) is 10.1 Å². The molecule has 0 N–H and O–H groups in total. The minimum atomic E-state index is -0.603. The van der Waals surface area contributed by atoms with Gasteiger partial charge in [-0.2, -0.15) is 5.26 Å². The Bertz CT molecular complexity index is 789. The fraction of sp³-hybridized carbons (Fsp3) is 0.412. The number of aryl methyl sites for hydroxylation is 2. The quantitative estimate of drug-likeness (QED) is 0.850. The monoisotopic (exact) mass is 298 g/mol. The summed E-state index contributed by atoms with van der Waals surface area (Å²) in [5.41, 5.74) is 1.04. The molecule has 0 amide bonds. The molecule has 0 radical (unpaired) electrons. The van der Waals surface area contributed by atoms with E-state index in [-0.39, 0.29) is 5.56 Å². The molecule has 0 atom stereocenters. The smallest absolute Gasteiger partial charge is 0.356 e. The minimum Gasteiger partial charge on any atom is -0.458 e. The van der Waals surface area contributed by atoms with Gasteiger partial charge in [-0.15, -0.1) is 0 Å². The van der Waals surface area contributed by atoms with E-state index in [2.05, 4.69) is 4.90 Å². The summed E-state index contributed by atoms with van der Waals surface area (Å²) in [7, 11) is 0. The molecule has 3 heterocycles. The fourth-order valence-corrected chi connectivity index (χ4v) is 2.97. The van der Waals surface area contributed by atoms with E-state index >= 15 is 0 Å². The number of hydrogen-bond acceptors (Lipinski definition) is 5. The number of anilines is 1. The maximum atomic E-state index is 12.2. The van der Waals surface area contributed by atoms with Crippen LogP contribution in [0.3, 0.4) is 0 Å². The highest BCUT2D eigenvalue weighted by Gasteiger charge is 2.21. The molecule has 114 valence electrons. The van der Waals surface area contributed by atoms with Crippen molar-refractivity contribution < 1.29 is 8.83 Å². The Balaban J connectivity index is 2.14. The minimum absolute atomic E-state index is 0.0755. The molecule has 2 aromatic rings. The van der Waals surface area contributed by atoms with Crippen molar-refractivity contribution in [3.63, 3.8) is 0 Å². The van der Waals surface area contributed by atoms with Crippen molar-refractivity contribution in [2.75, 3.05) is 18.0 Å². The molecule has 0 bridgehead atoms. The predicted octanol–water partition coefficient (Wildman–Crippen LogP) is 3.38. The lowest BCUT2D eigenvalue weighted by Crippen LogP contribution is -2.31. The average Bonchev–Trinajstić information content (AvgIpc) is 2.86. The molecule has 1 aliphatic rings. The third-order valence-electron chi connectivity index (χ3n) is 4.00. The van der Waals surface area contributed by atoms with Crippen LogP contribution >= 0.6 is 0 Å². The maximum absolute atomic E-state index is 12.2. The fourth-order valence-electron chi connectivity index (χ4n) is 2.97. The van der Waals surface area contributed by atoms with Gasteiger partial charge in [-0.25, -0.2) is 4.79 Å². The molecule has 0 aromatic carbocycles. The first-order chi connectivity index (χ1) is 10.6. The van der Waals surface area contributed by atoms with Gasteiger partial charge in [0, 0.05) is 19.2 Å². The Morgan fingerprint density at radius 1 is 1.14 bits per heavy atom. The van der Waals surface area contributed by atoms with E-state index in [0.717, 1.165) is 37.3 Å². The van der Waals surface area contributed by atoms with Crippen molar-refractivity contribution in [2.45, 2.75) is 33.1 Å². The zero-order valence-corrected chi connectivity index (χ0v) is 12.8. The Labute approximate surface area is 128 Å². The highest BCUT2D eigenvalue weighted by atomic mass is 16.4. The van der Waals surface area contributed by atoms with Gasteiger partial charge in [0.2, 0.25) is 0 Å². The third-order valence-corrected chi connectivity index (χ3v) is 4.00. The summed E-state index contributed by atoms with van der Waals surface area (Å²) < 4.78 is 10.9. The van der Waals surface area contributed by atoms with E-state index in [0.29, 0.717) is 17.2 Å². The summed E-state index contributed by atoms with van der Waals surface area (Å²) in [6.45, 7) is 5.47. The van der Waals surface area contributed by atoms with Gasteiger partial charge in [0.1, 0.15) is 11.8 Å². The first-order valence-corrected chi connectivity index (χ1v) is 7.50. The number of nitriles is 1. The Hall–Kier alpha value is -2.48. The number of furan rings is 1. The Morgan fingerprint density at radius 3 is 2.45 bits per heavy atom. The lowest BCUT2D eigenvalue weighted by molar-refractivity contribution is 0.477. The Kier molecular flexibility index (Phi) is 3.76. The summed E-state index contributed by atoms with van der Waals surface area (Å²) in [5.74, 6) is 1.70.